The molecule has 0 bridgehead atoms. The lowest BCUT2D eigenvalue weighted by Crippen LogP contribution is -2.20. The van der Waals surface area contributed by atoms with Crippen LogP contribution < -0.4 is 11.1 Å². The van der Waals surface area contributed by atoms with Crippen LogP contribution in [0.25, 0.3) is 10.9 Å². The summed E-state index contributed by atoms with van der Waals surface area (Å²) in [5.41, 5.74) is 7.65. The average Bonchev–Trinajstić information content (AvgIpc) is 3.22. The van der Waals surface area contributed by atoms with Crippen LogP contribution in [0.15, 0.2) is 24.4 Å². The molecule has 0 saturated heterocycles. The number of hydrogen-bond donors (Lipinski definition) is 2. The van der Waals surface area contributed by atoms with Crippen molar-refractivity contribution in [1.82, 2.24) is 9.78 Å². The molecule has 0 fully saturated rings. The minimum absolute atomic E-state index is 0.0963. The fourth-order valence-electron chi connectivity index (χ4n) is 2.96. The van der Waals surface area contributed by atoms with E-state index in [0.717, 1.165) is 16.7 Å². The van der Waals surface area contributed by atoms with Crippen LogP contribution in [-0.2, 0) is 20.8 Å². The van der Waals surface area contributed by atoms with E-state index in [1.807, 2.05) is 6.07 Å². The first-order valence-corrected chi connectivity index (χ1v) is 10.2. The van der Waals surface area contributed by atoms with Crippen molar-refractivity contribution in [3.63, 3.8) is 0 Å². The normalized spacial score (nSPS) is 10.8. The van der Waals surface area contributed by atoms with Crippen LogP contribution in [0.5, 0.6) is 0 Å². The first kappa shape index (κ1) is 21.3. The highest BCUT2D eigenvalue weighted by molar-refractivity contribution is 7.18. The van der Waals surface area contributed by atoms with E-state index in [1.165, 1.54) is 4.68 Å². The Morgan fingerprint density at radius 1 is 1.17 bits per heavy atom. The molecule has 0 radical (unpaired) electrons. The minimum atomic E-state index is -0.616. The number of nitrogens with two attached hydrogens (primary N) is 1. The summed E-state index contributed by atoms with van der Waals surface area (Å²) in [6.07, 6.45) is 1.64. The maximum atomic E-state index is 12.7. The molecule has 3 N–H and O–H groups in total. The number of esters is 2. The molecule has 3 aromatic rings. The van der Waals surface area contributed by atoms with Crippen LogP contribution in [0, 0.1) is 6.92 Å². The molecule has 0 unspecified atom stereocenters. The third-order valence-electron chi connectivity index (χ3n) is 4.30. The Morgan fingerprint density at radius 2 is 1.87 bits per heavy atom. The van der Waals surface area contributed by atoms with E-state index in [2.05, 4.69) is 10.4 Å². The summed E-state index contributed by atoms with van der Waals surface area (Å²) in [7, 11) is 0. The van der Waals surface area contributed by atoms with E-state index in [9.17, 15) is 14.4 Å². The molecular formula is C20H22N4O5S. The number of hydrogen-bond acceptors (Lipinski definition) is 8. The van der Waals surface area contributed by atoms with Gasteiger partial charge in [0.05, 0.1) is 30.5 Å². The van der Waals surface area contributed by atoms with E-state index < -0.39 is 17.8 Å². The number of thiophene rings is 1. The highest BCUT2D eigenvalue weighted by Gasteiger charge is 2.27. The van der Waals surface area contributed by atoms with Crippen molar-refractivity contribution in [2.24, 2.45) is 0 Å². The number of anilines is 2. The van der Waals surface area contributed by atoms with E-state index in [4.69, 9.17) is 15.2 Å². The van der Waals surface area contributed by atoms with Gasteiger partial charge in [0.2, 0.25) is 5.91 Å². The van der Waals surface area contributed by atoms with Gasteiger partial charge >= 0.3 is 11.9 Å². The number of nitrogen functional groups attached to an aromatic ring is 1. The van der Waals surface area contributed by atoms with Gasteiger partial charge in [-0.25, -0.2) is 9.59 Å². The van der Waals surface area contributed by atoms with Crippen molar-refractivity contribution in [3.8, 4) is 0 Å². The van der Waals surface area contributed by atoms with Gasteiger partial charge in [0.1, 0.15) is 16.4 Å². The molecule has 0 spiro atoms. The van der Waals surface area contributed by atoms with Gasteiger partial charge < -0.3 is 20.5 Å². The largest absolute Gasteiger partial charge is 0.462 e. The Balaban J connectivity index is 1.89. The number of ether oxygens (including phenoxy) is 2. The Morgan fingerprint density at radius 3 is 2.57 bits per heavy atom. The van der Waals surface area contributed by atoms with Gasteiger partial charge in [0.15, 0.2) is 0 Å². The van der Waals surface area contributed by atoms with E-state index in [-0.39, 0.29) is 35.2 Å². The van der Waals surface area contributed by atoms with Crippen molar-refractivity contribution in [2.45, 2.75) is 27.3 Å². The summed E-state index contributed by atoms with van der Waals surface area (Å²) >= 11 is 0.978. The number of benzene rings is 1. The minimum Gasteiger partial charge on any atom is -0.462 e. The number of rotatable bonds is 7. The summed E-state index contributed by atoms with van der Waals surface area (Å²) in [4.78, 5) is 37.6. The van der Waals surface area contributed by atoms with Crippen molar-refractivity contribution in [1.29, 1.82) is 0 Å². The Bertz CT molecular complexity index is 1120. The summed E-state index contributed by atoms with van der Waals surface area (Å²) < 4.78 is 11.7. The van der Waals surface area contributed by atoms with E-state index in [0.29, 0.717) is 16.8 Å². The fourth-order valence-corrected chi connectivity index (χ4v) is 4.06. The van der Waals surface area contributed by atoms with Crippen molar-refractivity contribution in [2.75, 3.05) is 24.3 Å². The summed E-state index contributed by atoms with van der Waals surface area (Å²) in [6.45, 7) is 5.25. The van der Waals surface area contributed by atoms with E-state index in [1.54, 1.807) is 39.1 Å². The second-order valence-electron chi connectivity index (χ2n) is 6.37. The van der Waals surface area contributed by atoms with Gasteiger partial charge in [-0.05, 0) is 44.5 Å². The molecule has 3 rings (SSSR count). The van der Waals surface area contributed by atoms with Gasteiger partial charge in [-0.3, -0.25) is 9.48 Å². The van der Waals surface area contributed by atoms with Crippen molar-refractivity contribution < 1.29 is 23.9 Å². The first-order chi connectivity index (χ1) is 14.3. The van der Waals surface area contributed by atoms with Crippen LogP contribution >= 0.6 is 11.3 Å². The lowest BCUT2D eigenvalue weighted by molar-refractivity contribution is -0.116. The number of nitrogens with zero attached hydrogens (tertiary/aromatic N) is 2. The predicted octanol–water partition coefficient (Wildman–Crippen LogP) is 2.98. The number of amides is 1. The number of carbonyl (C=O) groups is 3. The average molecular weight is 430 g/mol. The summed E-state index contributed by atoms with van der Waals surface area (Å²) in [6, 6.07) is 5.30. The molecule has 0 atom stereocenters. The van der Waals surface area contributed by atoms with Crippen LogP contribution in [0.1, 0.15) is 39.4 Å². The maximum absolute atomic E-state index is 12.7. The summed E-state index contributed by atoms with van der Waals surface area (Å²) in [5.74, 6) is -1.58. The van der Waals surface area contributed by atoms with Crippen LogP contribution in [0.4, 0.5) is 10.7 Å². The molecule has 10 heteroatoms. The lowest BCUT2D eigenvalue weighted by Gasteiger charge is -2.08. The SMILES string of the molecule is CCOC(=O)c1sc(NC(=O)Cn2ncc3ccc(N)cc32)c(C(=O)OCC)c1C. The molecule has 0 saturated carbocycles. The Hall–Kier alpha value is -3.40. The quantitative estimate of drug-likeness (QED) is 0.436. The zero-order valence-corrected chi connectivity index (χ0v) is 17.7. The second kappa shape index (κ2) is 8.95. The fraction of sp³-hybridized carbons (Fsp3) is 0.300. The predicted molar refractivity (Wildman–Crippen MR) is 114 cm³/mol. The van der Waals surface area contributed by atoms with Crippen LogP contribution in [-0.4, -0.2) is 40.8 Å². The standard InChI is InChI=1S/C20H22N4O5S/c1-4-28-19(26)16-11(3)17(20(27)29-5-2)30-18(16)23-15(25)10-24-14-8-13(21)7-6-12(14)9-22-24/h6-9H,4-5,10,21H2,1-3H3,(H,23,25). The number of fused-ring (bicyclic) bond motifs is 1. The number of aromatic nitrogens is 2. The molecule has 0 aliphatic carbocycles. The maximum Gasteiger partial charge on any atom is 0.348 e. The molecule has 1 aromatic carbocycles. The zero-order valence-electron chi connectivity index (χ0n) is 16.9. The lowest BCUT2D eigenvalue weighted by atomic mass is 10.1. The third-order valence-corrected chi connectivity index (χ3v) is 5.49. The van der Waals surface area contributed by atoms with Gasteiger partial charge in [-0.2, -0.15) is 5.10 Å². The topological polar surface area (TPSA) is 126 Å². The Labute approximate surface area is 176 Å². The van der Waals surface area contributed by atoms with Crippen LogP contribution in [0.2, 0.25) is 0 Å². The zero-order chi connectivity index (χ0) is 21.8. The molecule has 0 aliphatic rings. The monoisotopic (exact) mass is 430 g/mol. The molecule has 2 heterocycles. The van der Waals surface area contributed by atoms with Crippen LogP contribution in [0.3, 0.4) is 0 Å². The van der Waals surface area contributed by atoms with Gasteiger partial charge in [-0.15, -0.1) is 11.3 Å². The van der Waals surface area contributed by atoms with Gasteiger partial charge in [0, 0.05) is 11.1 Å². The molecule has 9 nitrogen and oxygen atoms in total. The molecule has 2 aromatic heterocycles. The third kappa shape index (κ3) is 4.28. The number of carbonyl (C=O) groups excluding carboxylic acids is 3. The van der Waals surface area contributed by atoms with Crippen molar-refractivity contribution >= 4 is 50.8 Å². The summed E-state index contributed by atoms with van der Waals surface area (Å²) in [5, 5.41) is 8.00. The molecule has 0 aliphatic heterocycles. The first-order valence-electron chi connectivity index (χ1n) is 9.34. The Kier molecular flexibility index (Phi) is 6.36. The number of nitrogens with one attached hydrogen (secondary N) is 1. The van der Waals surface area contributed by atoms with Gasteiger partial charge in [-0.1, -0.05) is 0 Å². The molecular weight excluding hydrogens is 408 g/mol. The van der Waals surface area contributed by atoms with E-state index >= 15 is 0 Å². The molecule has 1 amide bonds. The molecule has 30 heavy (non-hydrogen) atoms. The highest BCUT2D eigenvalue weighted by Crippen LogP contribution is 2.34. The smallest absolute Gasteiger partial charge is 0.348 e. The van der Waals surface area contributed by atoms with Gasteiger partial charge in [0.25, 0.3) is 0 Å². The van der Waals surface area contributed by atoms with Crippen molar-refractivity contribution in [3.05, 3.63) is 40.4 Å². The second-order valence-corrected chi connectivity index (χ2v) is 7.39. The molecule has 158 valence electrons. The highest BCUT2D eigenvalue weighted by atomic mass is 32.1.